The minimum absolute atomic E-state index is 0.219. The third kappa shape index (κ3) is 5.55. The van der Waals surface area contributed by atoms with Gasteiger partial charge in [0, 0.05) is 0 Å². The molecule has 0 heterocycles. The number of benzene rings is 2. The van der Waals surface area contributed by atoms with Gasteiger partial charge in [-0.3, -0.25) is 0 Å². The quantitative estimate of drug-likeness (QED) is 0.438. The summed E-state index contributed by atoms with van der Waals surface area (Å²) in [6.07, 6.45) is -0.442. The Kier molecular flexibility index (Phi) is 5.97. The molecule has 0 aliphatic carbocycles. The van der Waals surface area contributed by atoms with Crippen molar-refractivity contribution in [2.45, 2.75) is 6.18 Å². The van der Waals surface area contributed by atoms with Crippen molar-refractivity contribution in [3.05, 3.63) is 82.9 Å². The van der Waals surface area contributed by atoms with Crippen molar-refractivity contribution in [2.24, 2.45) is 0 Å². The number of Topliss-reactive ketones (excluding diaryl/α,β-unsaturated/α-hetero) is 1. The van der Waals surface area contributed by atoms with Crippen molar-refractivity contribution in [3.8, 4) is 0 Å². The molecule has 0 saturated carbocycles. The van der Waals surface area contributed by atoms with Crippen LogP contribution >= 0.6 is 0 Å². The molecule has 1 nitrogen and oxygen atoms in total. The molecule has 2 aromatic rings. The van der Waals surface area contributed by atoms with Gasteiger partial charge >= 0.3 is 138 Å². The predicted molar refractivity (Wildman–Crippen MR) is 86.5 cm³/mol. The average molecular weight is 381 g/mol. The zero-order valence-electron chi connectivity index (χ0n) is 12.0. The van der Waals surface area contributed by atoms with E-state index < -0.39 is 26.9 Å². The molecule has 0 atom stereocenters. The van der Waals surface area contributed by atoms with Crippen molar-refractivity contribution in [1.82, 2.24) is 0 Å². The second-order valence-corrected chi connectivity index (χ2v) is 6.88. The molecule has 0 unspecified atom stereocenters. The van der Waals surface area contributed by atoms with Crippen LogP contribution in [0.15, 0.2) is 77.3 Å². The molecule has 0 spiro atoms. The monoisotopic (exact) mass is 382 g/mol. The second kappa shape index (κ2) is 7.95. The Bertz CT molecular complexity index is 704. The molecule has 2 aromatic carbocycles. The van der Waals surface area contributed by atoms with E-state index in [0.717, 1.165) is 10.0 Å². The first-order valence-corrected chi connectivity index (χ1v) is 8.46. The molecule has 0 fully saturated rings. The number of carbonyl (C=O) groups excluding carboxylic acids is 1. The van der Waals surface area contributed by atoms with Crippen LogP contribution in [0.2, 0.25) is 0 Å². The molecule has 0 amide bonds. The number of hydrogen-bond acceptors (Lipinski definition) is 1. The van der Waals surface area contributed by atoms with Crippen LogP contribution in [0.5, 0.6) is 0 Å². The molecule has 0 bridgehead atoms. The van der Waals surface area contributed by atoms with Crippen molar-refractivity contribution in [1.29, 1.82) is 0 Å². The van der Waals surface area contributed by atoms with E-state index in [2.05, 4.69) is 0 Å². The normalized spacial score (nSPS) is 12.6. The second-order valence-electron chi connectivity index (χ2n) is 4.54. The minimum atomic E-state index is -4.86. The molecule has 0 aliphatic rings. The Morgan fingerprint density at radius 1 is 0.913 bits per heavy atom. The van der Waals surface area contributed by atoms with E-state index in [4.69, 9.17) is 0 Å². The van der Waals surface area contributed by atoms with Gasteiger partial charge in [-0.1, -0.05) is 0 Å². The Balaban J connectivity index is 2.24. The predicted octanol–water partition coefficient (Wildman–Crippen LogP) is 3.74. The van der Waals surface area contributed by atoms with Crippen LogP contribution in [0.4, 0.5) is 13.2 Å². The van der Waals surface area contributed by atoms with E-state index in [1.165, 1.54) is 12.2 Å². The summed E-state index contributed by atoms with van der Waals surface area (Å²) in [5, 5.41) is 0. The zero-order valence-corrected chi connectivity index (χ0v) is 13.7. The van der Waals surface area contributed by atoms with Gasteiger partial charge in [0.05, 0.1) is 0 Å². The van der Waals surface area contributed by atoms with Gasteiger partial charge in [0.25, 0.3) is 0 Å². The number of alkyl halides is 3. The molecule has 0 N–H and O–H groups in total. The molecular weight excluding hydrogens is 368 g/mol. The molecular formula is C18H13F3OSe. The Morgan fingerprint density at radius 2 is 1.48 bits per heavy atom. The first kappa shape index (κ1) is 17.3. The van der Waals surface area contributed by atoms with Crippen LogP contribution in [0, 0.1) is 0 Å². The molecule has 0 aromatic heterocycles. The summed E-state index contributed by atoms with van der Waals surface area (Å²) in [6.45, 7) is 0. The van der Waals surface area contributed by atoms with Crippen molar-refractivity contribution in [3.63, 3.8) is 0 Å². The Hall–Kier alpha value is -2.10. The van der Waals surface area contributed by atoms with Crippen LogP contribution < -0.4 is 4.46 Å². The summed E-state index contributed by atoms with van der Waals surface area (Å²) in [6, 6.07) is 17.9. The summed E-state index contributed by atoms with van der Waals surface area (Å²) in [5.41, 5.74) is 0.856. The van der Waals surface area contributed by atoms with Crippen LogP contribution in [0.25, 0.3) is 6.08 Å². The Morgan fingerprint density at radius 3 is 2.04 bits per heavy atom. The maximum absolute atomic E-state index is 12.7. The standard InChI is InChI=1S/C18H13F3OSe/c19-18(20,21)17(22)16(23-15-11-5-2-6-12-15)13-7-10-14-8-3-1-4-9-14/h1-13H/b10-7+,16-13-. The first-order chi connectivity index (χ1) is 11.0. The summed E-state index contributed by atoms with van der Waals surface area (Å²) in [5.74, 6) is -1.78. The number of allylic oxidation sites excluding steroid dienone is 3. The molecule has 118 valence electrons. The topological polar surface area (TPSA) is 17.1 Å². The molecule has 0 saturated heterocycles. The van der Waals surface area contributed by atoms with Gasteiger partial charge in [0.15, 0.2) is 0 Å². The summed E-state index contributed by atoms with van der Waals surface area (Å²) < 4.78 is 38.7. The number of rotatable bonds is 5. The van der Waals surface area contributed by atoms with E-state index in [0.29, 0.717) is 0 Å². The van der Waals surface area contributed by atoms with Crippen LogP contribution in [-0.2, 0) is 4.79 Å². The van der Waals surface area contributed by atoms with Crippen molar-refractivity contribution in [2.75, 3.05) is 0 Å². The van der Waals surface area contributed by atoms with Gasteiger partial charge in [-0.2, -0.15) is 0 Å². The van der Waals surface area contributed by atoms with E-state index >= 15 is 0 Å². The fourth-order valence-corrected chi connectivity index (χ4v) is 3.61. The molecule has 0 aliphatic heterocycles. The van der Waals surface area contributed by atoms with Crippen molar-refractivity contribution < 1.29 is 18.0 Å². The maximum atomic E-state index is 12.7. The van der Waals surface area contributed by atoms with E-state index in [1.807, 2.05) is 30.3 Å². The molecule has 23 heavy (non-hydrogen) atoms. The summed E-state index contributed by atoms with van der Waals surface area (Å²) in [7, 11) is 0. The zero-order chi connectivity index (χ0) is 16.7. The number of carbonyl (C=O) groups is 1. The van der Waals surface area contributed by atoms with E-state index in [-0.39, 0.29) is 4.47 Å². The van der Waals surface area contributed by atoms with Gasteiger partial charge in [-0.15, -0.1) is 0 Å². The van der Waals surface area contributed by atoms with E-state index in [9.17, 15) is 18.0 Å². The van der Waals surface area contributed by atoms with Crippen LogP contribution in [-0.4, -0.2) is 26.9 Å². The first-order valence-electron chi connectivity index (χ1n) is 6.74. The fraction of sp³-hybridized carbons (Fsp3) is 0.0556. The van der Waals surface area contributed by atoms with E-state index in [1.54, 1.807) is 36.4 Å². The number of halogens is 3. The van der Waals surface area contributed by atoms with Gasteiger partial charge in [-0.05, 0) is 0 Å². The Labute approximate surface area is 138 Å². The third-order valence-corrected chi connectivity index (χ3v) is 4.99. The van der Waals surface area contributed by atoms with Crippen LogP contribution in [0.1, 0.15) is 5.56 Å². The van der Waals surface area contributed by atoms with Gasteiger partial charge in [-0.25, -0.2) is 0 Å². The summed E-state index contributed by atoms with van der Waals surface area (Å²) in [4.78, 5) is 11.6. The number of ketones is 1. The third-order valence-electron chi connectivity index (χ3n) is 2.79. The molecule has 0 radical (unpaired) electrons. The van der Waals surface area contributed by atoms with Gasteiger partial charge in [0.2, 0.25) is 0 Å². The fourth-order valence-electron chi connectivity index (χ4n) is 1.72. The molecule has 2 rings (SSSR count). The van der Waals surface area contributed by atoms with Crippen LogP contribution in [0.3, 0.4) is 0 Å². The average Bonchev–Trinajstić information content (AvgIpc) is 2.54. The van der Waals surface area contributed by atoms with Gasteiger partial charge in [0.1, 0.15) is 0 Å². The SMILES string of the molecule is O=C(/C(=C/C=C/c1ccccc1)[Se]c1ccccc1)C(F)(F)F. The summed E-state index contributed by atoms with van der Waals surface area (Å²) >= 11 is -0.700. The van der Waals surface area contributed by atoms with Gasteiger partial charge < -0.3 is 0 Å². The molecule has 5 heteroatoms. The number of hydrogen-bond donors (Lipinski definition) is 0. The van der Waals surface area contributed by atoms with Crippen molar-refractivity contribution >= 4 is 31.3 Å².